The summed E-state index contributed by atoms with van der Waals surface area (Å²) < 4.78 is 7.16. The Bertz CT molecular complexity index is 1360. The zero-order chi connectivity index (χ0) is 23.5. The van der Waals surface area contributed by atoms with Crippen molar-refractivity contribution in [1.29, 1.82) is 0 Å². The number of nitro benzene ring substituents is 1. The van der Waals surface area contributed by atoms with Crippen LogP contribution in [0.4, 0.5) is 11.4 Å². The van der Waals surface area contributed by atoms with Crippen LogP contribution < -0.4 is 10.1 Å². The van der Waals surface area contributed by atoms with Crippen molar-refractivity contribution in [3.63, 3.8) is 0 Å². The average molecular weight is 445 g/mol. The Labute approximate surface area is 190 Å². The van der Waals surface area contributed by atoms with Gasteiger partial charge in [-0.2, -0.15) is 5.10 Å². The molecule has 4 aromatic rings. The Morgan fingerprint density at radius 1 is 1.18 bits per heavy atom. The SMILES string of the molecule is CCOc1ccc(NC(=O)c2cc(-c3cn(CC)nc3C)nc3ccccc23)c([N+](=O)[O-])c1. The summed E-state index contributed by atoms with van der Waals surface area (Å²) in [4.78, 5) is 29.1. The van der Waals surface area contributed by atoms with E-state index in [1.54, 1.807) is 25.1 Å². The molecule has 0 saturated heterocycles. The Balaban J connectivity index is 1.78. The molecule has 0 fully saturated rings. The second kappa shape index (κ2) is 9.07. The number of aromatic nitrogens is 3. The van der Waals surface area contributed by atoms with E-state index in [2.05, 4.69) is 10.4 Å². The van der Waals surface area contributed by atoms with Crippen LogP contribution in [0.2, 0.25) is 0 Å². The molecule has 2 heterocycles. The molecule has 0 radical (unpaired) electrons. The molecule has 1 amide bonds. The van der Waals surface area contributed by atoms with Gasteiger partial charge in [-0.05, 0) is 45.0 Å². The fourth-order valence-electron chi connectivity index (χ4n) is 3.65. The number of ether oxygens (including phenoxy) is 1. The Morgan fingerprint density at radius 2 is 1.97 bits per heavy atom. The number of hydrogen-bond donors (Lipinski definition) is 1. The molecule has 0 aliphatic heterocycles. The van der Waals surface area contributed by atoms with Crippen LogP contribution in [0.1, 0.15) is 29.9 Å². The smallest absolute Gasteiger partial charge is 0.296 e. The summed E-state index contributed by atoms with van der Waals surface area (Å²) in [5.74, 6) is -0.107. The number of pyridine rings is 1. The molecular formula is C24H23N5O4. The van der Waals surface area contributed by atoms with E-state index in [1.807, 2.05) is 42.9 Å². The molecule has 0 aliphatic rings. The first-order valence-electron chi connectivity index (χ1n) is 10.6. The topological polar surface area (TPSA) is 112 Å². The molecule has 168 valence electrons. The highest BCUT2D eigenvalue weighted by Crippen LogP contribution is 2.31. The highest BCUT2D eigenvalue weighted by Gasteiger charge is 2.21. The zero-order valence-electron chi connectivity index (χ0n) is 18.5. The Morgan fingerprint density at radius 3 is 2.67 bits per heavy atom. The van der Waals surface area contributed by atoms with Crippen LogP contribution >= 0.6 is 0 Å². The van der Waals surface area contributed by atoms with Crippen molar-refractivity contribution in [2.24, 2.45) is 0 Å². The van der Waals surface area contributed by atoms with Crippen molar-refractivity contribution in [2.75, 3.05) is 11.9 Å². The number of benzene rings is 2. The average Bonchev–Trinajstić information content (AvgIpc) is 3.20. The molecule has 0 aliphatic carbocycles. The number of hydrogen-bond acceptors (Lipinski definition) is 6. The number of nitrogens with one attached hydrogen (secondary N) is 1. The largest absolute Gasteiger partial charge is 0.494 e. The number of aryl methyl sites for hydroxylation is 2. The fraction of sp³-hybridized carbons (Fsp3) is 0.208. The van der Waals surface area contributed by atoms with Gasteiger partial charge in [0.2, 0.25) is 0 Å². The predicted molar refractivity (Wildman–Crippen MR) is 126 cm³/mol. The second-order valence-corrected chi connectivity index (χ2v) is 7.38. The molecule has 33 heavy (non-hydrogen) atoms. The molecule has 0 saturated carbocycles. The van der Waals surface area contributed by atoms with Crippen LogP contribution in [0, 0.1) is 17.0 Å². The van der Waals surface area contributed by atoms with Gasteiger partial charge in [0, 0.05) is 23.7 Å². The minimum Gasteiger partial charge on any atom is -0.494 e. The Hall–Kier alpha value is -4.27. The summed E-state index contributed by atoms with van der Waals surface area (Å²) in [5.41, 5.74) is 3.08. The van der Waals surface area contributed by atoms with E-state index < -0.39 is 10.8 Å². The van der Waals surface area contributed by atoms with Gasteiger partial charge in [0.1, 0.15) is 11.4 Å². The standard InChI is InChI=1S/C24H23N5O4/c1-4-28-14-19(15(3)27-28)22-13-18(17-8-6-7-9-20(17)25-22)24(30)26-21-11-10-16(33-5-2)12-23(21)29(31)32/h6-14H,4-5H2,1-3H3,(H,26,30). The molecule has 4 rings (SSSR count). The first-order valence-corrected chi connectivity index (χ1v) is 10.6. The van der Waals surface area contributed by atoms with Gasteiger partial charge in [0.25, 0.3) is 11.6 Å². The summed E-state index contributed by atoms with van der Waals surface area (Å²) in [5, 5.41) is 19.4. The summed E-state index contributed by atoms with van der Waals surface area (Å²) in [6.07, 6.45) is 1.89. The van der Waals surface area contributed by atoms with Crippen molar-refractivity contribution >= 4 is 28.2 Å². The number of rotatable bonds is 7. The van der Waals surface area contributed by atoms with Crippen LogP contribution in [0.3, 0.4) is 0 Å². The lowest BCUT2D eigenvalue weighted by Crippen LogP contribution is -2.14. The maximum atomic E-state index is 13.3. The summed E-state index contributed by atoms with van der Waals surface area (Å²) in [7, 11) is 0. The molecular weight excluding hydrogens is 422 g/mol. The molecule has 1 N–H and O–H groups in total. The highest BCUT2D eigenvalue weighted by molar-refractivity contribution is 6.13. The van der Waals surface area contributed by atoms with Crippen LogP contribution in [-0.4, -0.2) is 32.2 Å². The van der Waals surface area contributed by atoms with Crippen LogP contribution in [0.25, 0.3) is 22.2 Å². The number of nitrogens with zero attached hydrogens (tertiary/aromatic N) is 4. The van der Waals surface area contributed by atoms with Crippen molar-refractivity contribution in [3.8, 4) is 17.0 Å². The first-order chi connectivity index (χ1) is 15.9. The van der Waals surface area contributed by atoms with Gasteiger partial charge in [-0.1, -0.05) is 18.2 Å². The van der Waals surface area contributed by atoms with Crippen molar-refractivity contribution in [3.05, 3.63) is 76.1 Å². The number of nitro groups is 1. The number of carbonyl (C=O) groups excluding carboxylic acids is 1. The summed E-state index contributed by atoms with van der Waals surface area (Å²) in [6.45, 7) is 6.76. The summed E-state index contributed by atoms with van der Waals surface area (Å²) >= 11 is 0. The van der Waals surface area contributed by atoms with E-state index in [0.717, 1.165) is 11.3 Å². The number of fused-ring (bicyclic) bond motifs is 1. The maximum Gasteiger partial charge on any atom is 0.296 e. The lowest BCUT2D eigenvalue weighted by molar-refractivity contribution is -0.384. The van der Waals surface area contributed by atoms with E-state index >= 15 is 0 Å². The lowest BCUT2D eigenvalue weighted by atomic mass is 10.0. The van der Waals surface area contributed by atoms with Gasteiger partial charge in [-0.3, -0.25) is 19.6 Å². The molecule has 0 spiro atoms. The van der Waals surface area contributed by atoms with E-state index in [1.165, 1.54) is 12.1 Å². The Kier molecular flexibility index (Phi) is 6.03. The van der Waals surface area contributed by atoms with Crippen LogP contribution in [-0.2, 0) is 6.54 Å². The third kappa shape index (κ3) is 4.38. The number of amides is 1. The van der Waals surface area contributed by atoms with Crippen molar-refractivity contribution in [1.82, 2.24) is 14.8 Å². The molecule has 0 bridgehead atoms. The normalized spacial score (nSPS) is 10.9. The third-order valence-electron chi connectivity index (χ3n) is 5.23. The van der Waals surface area contributed by atoms with E-state index in [0.29, 0.717) is 41.1 Å². The van der Waals surface area contributed by atoms with E-state index in [4.69, 9.17) is 9.72 Å². The number of anilines is 1. The van der Waals surface area contributed by atoms with Gasteiger partial charge >= 0.3 is 0 Å². The van der Waals surface area contributed by atoms with E-state index in [-0.39, 0.29) is 11.4 Å². The van der Waals surface area contributed by atoms with Crippen LogP contribution in [0.5, 0.6) is 5.75 Å². The number of carbonyl (C=O) groups is 1. The number of para-hydroxylation sites is 1. The third-order valence-corrected chi connectivity index (χ3v) is 5.23. The predicted octanol–water partition coefficient (Wildman–Crippen LogP) is 4.99. The molecule has 9 nitrogen and oxygen atoms in total. The maximum absolute atomic E-state index is 13.3. The fourth-order valence-corrected chi connectivity index (χ4v) is 3.65. The molecule has 0 atom stereocenters. The molecule has 9 heteroatoms. The van der Waals surface area contributed by atoms with Gasteiger partial charge in [-0.25, -0.2) is 4.98 Å². The van der Waals surface area contributed by atoms with Gasteiger partial charge < -0.3 is 10.1 Å². The first kappa shape index (κ1) is 21.9. The molecule has 2 aromatic heterocycles. The van der Waals surface area contributed by atoms with Crippen LogP contribution in [0.15, 0.2) is 54.7 Å². The van der Waals surface area contributed by atoms with E-state index in [9.17, 15) is 14.9 Å². The van der Waals surface area contributed by atoms with Gasteiger partial charge in [0.15, 0.2) is 0 Å². The zero-order valence-corrected chi connectivity index (χ0v) is 18.5. The van der Waals surface area contributed by atoms with Crippen molar-refractivity contribution < 1.29 is 14.5 Å². The lowest BCUT2D eigenvalue weighted by Gasteiger charge is -2.11. The molecule has 2 aromatic carbocycles. The highest BCUT2D eigenvalue weighted by atomic mass is 16.6. The minimum absolute atomic E-state index is 0.0888. The van der Waals surface area contributed by atoms with Gasteiger partial charge in [-0.15, -0.1) is 0 Å². The quantitative estimate of drug-likeness (QED) is 0.317. The van der Waals surface area contributed by atoms with Crippen molar-refractivity contribution in [2.45, 2.75) is 27.3 Å². The molecule has 0 unspecified atom stereocenters. The minimum atomic E-state index is -0.545. The monoisotopic (exact) mass is 445 g/mol. The second-order valence-electron chi connectivity index (χ2n) is 7.38. The summed E-state index contributed by atoms with van der Waals surface area (Å²) in [6, 6.07) is 13.4. The van der Waals surface area contributed by atoms with Gasteiger partial charge in [0.05, 0.1) is 40.1 Å².